The number of hydrogen-bond donors (Lipinski definition) is 0. The summed E-state index contributed by atoms with van der Waals surface area (Å²) >= 11 is 0. The van der Waals surface area contributed by atoms with E-state index in [0.29, 0.717) is 6.20 Å². The van der Waals surface area contributed by atoms with Crippen LogP contribution in [0.25, 0.3) is 6.08 Å². The Hall–Kier alpha value is -1.78. The molecule has 0 saturated heterocycles. The summed E-state index contributed by atoms with van der Waals surface area (Å²) in [6.45, 7) is 1.42. The third kappa shape index (κ3) is 2.35. The number of nitro groups is 1. The maximum atomic E-state index is 13.0. The normalized spacial score (nSPS) is 10.8. The Labute approximate surface area is 78.8 Å². The van der Waals surface area contributed by atoms with Gasteiger partial charge in [0.1, 0.15) is 11.6 Å². The van der Waals surface area contributed by atoms with Crippen LogP contribution in [-0.4, -0.2) is 4.92 Å². The Bertz CT molecular complexity index is 402. The molecule has 3 nitrogen and oxygen atoms in total. The van der Waals surface area contributed by atoms with Gasteiger partial charge in [-0.25, -0.2) is 8.78 Å². The SMILES string of the molecule is Cc1cc(F)c(/C=C/[N+](=O)[O-])cc1F. The van der Waals surface area contributed by atoms with Crippen molar-refractivity contribution in [2.45, 2.75) is 6.92 Å². The minimum absolute atomic E-state index is 0.134. The topological polar surface area (TPSA) is 43.1 Å². The molecular formula is C9H7F2NO2. The van der Waals surface area contributed by atoms with Crippen LogP contribution in [0.1, 0.15) is 11.1 Å². The molecule has 5 heteroatoms. The lowest BCUT2D eigenvalue weighted by Crippen LogP contribution is -1.90. The second kappa shape index (κ2) is 3.95. The van der Waals surface area contributed by atoms with Gasteiger partial charge in [-0.3, -0.25) is 10.1 Å². The lowest BCUT2D eigenvalue weighted by atomic mass is 10.1. The first kappa shape index (κ1) is 10.3. The van der Waals surface area contributed by atoms with Crippen LogP contribution in [0.15, 0.2) is 18.3 Å². The predicted molar refractivity (Wildman–Crippen MR) is 47.1 cm³/mol. The van der Waals surface area contributed by atoms with Crippen molar-refractivity contribution in [1.29, 1.82) is 0 Å². The lowest BCUT2D eigenvalue weighted by Gasteiger charge is -1.99. The van der Waals surface area contributed by atoms with Crippen LogP contribution in [0.3, 0.4) is 0 Å². The molecule has 0 spiro atoms. The van der Waals surface area contributed by atoms with Crippen LogP contribution in [0.2, 0.25) is 0 Å². The van der Waals surface area contributed by atoms with Crippen molar-refractivity contribution in [3.8, 4) is 0 Å². The molecular weight excluding hydrogens is 192 g/mol. The van der Waals surface area contributed by atoms with Crippen LogP contribution < -0.4 is 0 Å². The highest BCUT2D eigenvalue weighted by Crippen LogP contribution is 2.15. The van der Waals surface area contributed by atoms with Crippen LogP contribution in [0.4, 0.5) is 8.78 Å². The van der Waals surface area contributed by atoms with Gasteiger partial charge in [-0.05, 0) is 24.6 Å². The third-order valence-electron chi connectivity index (χ3n) is 1.65. The first-order chi connectivity index (χ1) is 6.50. The van der Waals surface area contributed by atoms with Gasteiger partial charge in [0, 0.05) is 11.6 Å². The Kier molecular flexibility index (Phi) is 2.91. The van der Waals surface area contributed by atoms with Gasteiger partial charge in [0.2, 0.25) is 6.20 Å². The molecule has 0 N–H and O–H groups in total. The summed E-state index contributed by atoms with van der Waals surface area (Å²) in [4.78, 5) is 9.20. The molecule has 14 heavy (non-hydrogen) atoms. The highest BCUT2D eigenvalue weighted by Gasteiger charge is 2.05. The highest BCUT2D eigenvalue weighted by atomic mass is 19.1. The molecule has 0 unspecified atom stereocenters. The fourth-order valence-electron chi connectivity index (χ4n) is 0.931. The summed E-state index contributed by atoms with van der Waals surface area (Å²) in [7, 11) is 0. The molecule has 0 saturated carbocycles. The lowest BCUT2D eigenvalue weighted by molar-refractivity contribution is -0.400. The van der Waals surface area contributed by atoms with E-state index < -0.39 is 16.6 Å². The van der Waals surface area contributed by atoms with E-state index in [1.54, 1.807) is 0 Å². The summed E-state index contributed by atoms with van der Waals surface area (Å²) < 4.78 is 26.0. The average Bonchev–Trinajstić information content (AvgIpc) is 2.09. The molecule has 1 aromatic carbocycles. The number of aryl methyl sites for hydroxylation is 1. The molecule has 0 aliphatic heterocycles. The van der Waals surface area contributed by atoms with Crippen LogP contribution in [0.5, 0.6) is 0 Å². The molecule has 74 valence electrons. The average molecular weight is 199 g/mol. The Balaban J connectivity index is 3.10. The van der Waals surface area contributed by atoms with E-state index in [1.165, 1.54) is 6.92 Å². The molecule has 0 fully saturated rings. The Morgan fingerprint density at radius 2 is 2.00 bits per heavy atom. The van der Waals surface area contributed by atoms with Gasteiger partial charge >= 0.3 is 0 Å². The zero-order valence-corrected chi connectivity index (χ0v) is 7.33. The molecule has 0 bridgehead atoms. The zero-order chi connectivity index (χ0) is 10.7. The van der Waals surface area contributed by atoms with Crippen molar-refractivity contribution in [3.63, 3.8) is 0 Å². The smallest absolute Gasteiger partial charge is 0.235 e. The fourth-order valence-corrected chi connectivity index (χ4v) is 0.931. The van der Waals surface area contributed by atoms with Crippen LogP contribution in [-0.2, 0) is 0 Å². The number of hydrogen-bond acceptors (Lipinski definition) is 2. The van der Waals surface area contributed by atoms with Gasteiger partial charge in [-0.2, -0.15) is 0 Å². The molecule has 0 aliphatic carbocycles. The molecule has 0 heterocycles. The van der Waals surface area contributed by atoms with Crippen molar-refractivity contribution >= 4 is 6.08 Å². The monoisotopic (exact) mass is 199 g/mol. The molecule has 1 aromatic rings. The van der Waals surface area contributed by atoms with Crippen molar-refractivity contribution in [2.75, 3.05) is 0 Å². The predicted octanol–water partition coefficient (Wildman–Crippen LogP) is 2.52. The summed E-state index contributed by atoms with van der Waals surface area (Å²) in [5.74, 6) is -1.27. The standard InChI is InChI=1S/C9H7F2NO2/c1-6-4-9(11)7(5-8(6)10)2-3-12(13)14/h2-5H,1H3/b3-2+. The van der Waals surface area contributed by atoms with E-state index in [-0.39, 0.29) is 11.1 Å². The number of rotatable bonds is 2. The zero-order valence-electron chi connectivity index (χ0n) is 7.33. The third-order valence-corrected chi connectivity index (χ3v) is 1.65. The molecule has 0 aromatic heterocycles. The largest absolute Gasteiger partial charge is 0.259 e. The first-order valence-corrected chi connectivity index (χ1v) is 3.78. The number of nitrogens with zero attached hydrogens (tertiary/aromatic N) is 1. The summed E-state index contributed by atoms with van der Waals surface area (Å²) in [5.41, 5.74) is 0.0329. The summed E-state index contributed by atoms with van der Waals surface area (Å²) in [5, 5.41) is 9.94. The van der Waals surface area contributed by atoms with Crippen molar-refractivity contribution in [3.05, 3.63) is 51.2 Å². The number of halogens is 2. The Morgan fingerprint density at radius 1 is 1.36 bits per heavy atom. The maximum Gasteiger partial charge on any atom is 0.235 e. The minimum atomic E-state index is -0.739. The van der Waals surface area contributed by atoms with Gasteiger partial charge < -0.3 is 0 Å². The number of benzene rings is 1. The van der Waals surface area contributed by atoms with E-state index in [1.807, 2.05) is 0 Å². The van der Waals surface area contributed by atoms with E-state index in [9.17, 15) is 18.9 Å². The van der Waals surface area contributed by atoms with Gasteiger partial charge in [-0.15, -0.1) is 0 Å². The highest BCUT2D eigenvalue weighted by molar-refractivity contribution is 5.49. The van der Waals surface area contributed by atoms with E-state index in [2.05, 4.69) is 0 Å². The van der Waals surface area contributed by atoms with E-state index in [0.717, 1.165) is 18.2 Å². The van der Waals surface area contributed by atoms with E-state index in [4.69, 9.17) is 0 Å². The van der Waals surface area contributed by atoms with Crippen molar-refractivity contribution < 1.29 is 13.7 Å². The molecule has 1 rings (SSSR count). The van der Waals surface area contributed by atoms with Crippen LogP contribution >= 0.6 is 0 Å². The van der Waals surface area contributed by atoms with Gasteiger partial charge in [0.25, 0.3) is 0 Å². The molecule has 0 aliphatic rings. The molecule has 0 atom stereocenters. The maximum absolute atomic E-state index is 13.0. The fraction of sp³-hybridized carbons (Fsp3) is 0.111. The van der Waals surface area contributed by atoms with E-state index >= 15 is 0 Å². The minimum Gasteiger partial charge on any atom is -0.259 e. The van der Waals surface area contributed by atoms with Gasteiger partial charge in [0.05, 0.1) is 4.92 Å². The second-order valence-corrected chi connectivity index (χ2v) is 2.72. The van der Waals surface area contributed by atoms with Gasteiger partial charge in [0.15, 0.2) is 0 Å². The summed E-state index contributed by atoms with van der Waals surface area (Å²) in [6.07, 6.45) is 1.48. The first-order valence-electron chi connectivity index (χ1n) is 3.78. The van der Waals surface area contributed by atoms with Crippen LogP contribution in [0, 0.1) is 28.7 Å². The molecule has 0 radical (unpaired) electrons. The summed E-state index contributed by atoms with van der Waals surface area (Å²) in [6, 6.07) is 1.92. The second-order valence-electron chi connectivity index (χ2n) is 2.72. The van der Waals surface area contributed by atoms with Crippen molar-refractivity contribution in [1.82, 2.24) is 0 Å². The van der Waals surface area contributed by atoms with Gasteiger partial charge in [-0.1, -0.05) is 0 Å². The quantitative estimate of drug-likeness (QED) is 0.542. The Morgan fingerprint density at radius 3 is 2.57 bits per heavy atom. The molecule has 0 amide bonds. The van der Waals surface area contributed by atoms with Crippen molar-refractivity contribution in [2.24, 2.45) is 0 Å².